The van der Waals surface area contributed by atoms with Crippen molar-refractivity contribution >= 4 is 33.4 Å². The molecule has 1 amide bonds. The average Bonchev–Trinajstić information content (AvgIpc) is 3.03. The van der Waals surface area contributed by atoms with E-state index in [0.717, 1.165) is 6.26 Å². The van der Waals surface area contributed by atoms with Gasteiger partial charge in [0.25, 0.3) is 11.8 Å². The number of amides is 1. The van der Waals surface area contributed by atoms with Gasteiger partial charge >= 0.3 is 6.01 Å². The number of nitrogens with zero attached hydrogens (tertiary/aromatic N) is 2. The normalized spacial score (nSPS) is 11.3. The fourth-order valence-corrected chi connectivity index (χ4v) is 2.89. The number of carbonyl (C=O) groups is 1. The van der Waals surface area contributed by atoms with Crippen LogP contribution in [0.4, 0.5) is 6.01 Å². The summed E-state index contributed by atoms with van der Waals surface area (Å²) in [7, 11) is -3.32. The number of hydrogen-bond donors (Lipinski definition) is 1. The molecule has 3 rings (SSSR count). The van der Waals surface area contributed by atoms with E-state index in [1.807, 2.05) is 0 Å². The fourth-order valence-electron chi connectivity index (χ4n) is 2.04. The third kappa shape index (κ3) is 3.86. The Labute approximate surface area is 148 Å². The fraction of sp³-hybridized carbons (Fsp3) is 0.0625. The van der Waals surface area contributed by atoms with Crippen LogP contribution in [0.5, 0.6) is 0 Å². The van der Waals surface area contributed by atoms with E-state index >= 15 is 0 Å². The highest BCUT2D eigenvalue weighted by Gasteiger charge is 2.15. The van der Waals surface area contributed by atoms with Crippen molar-refractivity contribution < 1.29 is 17.6 Å². The van der Waals surface area contributed by atoms with Crippen molar-refractivity contribution in [3.05, 3.63) is 59.1 Å². The molecule has 0 bridgehead atoms. The van der Waals surface area contributed by atoms with Crippen molar-refractivity contribution in [1.29, 1.82) is 0 Å². The summed E-state index contributed by atoms with van der Waals surface area (Å²) in [5, 5.41) is 10.5. The van der Waals surface area contributed by atoms with Crippen molar-refractivity contribution in [1.82, 2.24) is 10.2 Å². The van der Waals surface area contributed by atoms with Crippen LogP contribution in [-0.2, 0) is 9.84 Å². The molecule has 0 atom stereocenters. The molecule has 0 aliphatic rings. The zero-order valence-electron chi connectivity index (χ0n) is 12.9. The van der Waals surface area contributed by atoms with E-state index in [9.17, 15) is 13.2 Å². The summed E-state index contributed by atoms with van der Waals surface area (Å²) < 4.78 is 28.2. The Morgan fingerprint density at radius 3 is 2.40 bits per heavy atom. The molecule has 2 aromatic carbocycles. The monoisotopic (exact) mass is 377 g/mol. The van der Waals surface area contributed by atoms with Gasteiger partial charge in [-0.2, -0.15) is 0 Å². The topological polar surface area (TPSA) is 102 Å². The van der Waals surface area contributed by atoms with Crippen molar-refractivity contribution in [2.45, 2.75) is 4.90 Å². The maximum Gasteiger partial charge on any atom is 0.322 e. The molecular weight excluding hydrogens is 366 g/mol. The van der Waals surface area contributed by atoms with Gasteiger partial charge in [0.05, 0.1) is 15.5 Å². The Morgan fingerprint density at radius 2 is 1.76 bits per heavy atom. The standard InChI is InChI=1S/C16H12ClN3O4S/c1-25(22,23)11-8-6-10(7-9-11)14(21)18-16-20-19-15(24-16)12-4-2-3-5-13(12)17/h2-9H,1H3,(H,18,20,21). The molecule has 0 unspecified atom stereocenters. The number of sulfone groups is 1. The second-order valence-corrected chi connectivity index (χ2v) is 7.57. The zero-order chi connectivity index (χ0) is 18.0. The van der Waals surface area contributed by atoms with Crippen LogP contribution in [0, 0.1) is 0 Å². The summed E-state index contributed by atoms with van der Waals surface area (Å²) in [6.07, 6.45) is 1.09. The highest BCUT2D eigenvalue weighted by Crippen LogP contribution is 2.27. The highest BCUT2D eigenvalue weighted by molar-refractivity contribution is 7.90. The minimum atomic E-state index is -3.32. The molecular formula is C16H12ClN3O4S. The molecule has 1 heterocycles. The van der Waals surface area contributed by atoms with Crippen LogP contribution in [-0.4, -0.2) is 30.8 Å². The summed E-state index contributed by atoms with van der Waals surface area (Å²) in [5.74, 6) is -0.331. The van der Waals surface area contributed by atoms with Crippen LogP contribution < -0.4 is 5.32 Å². The van der Waals surface area contributed by atoms with Gasteiger partial charge in [0.1, 0.15) is 0 Å². The lowest BCUT2D eigenvalue weighted by Gasteiger charge is -2.02. The zero-order valence-corrected chi connectivity index (χ0v) is 14.5. The van der Waals surface area contributed by atoms with Crippen molar-refractivity contribution in [3.63, 3.8) is 0 Å². The molecule has 128 valence electrons. The maximum atomic E-state index is 12.2. The van der Waals surface area contributed by atoms with Gasteiger partial charge < -0.3 is 4.42 Å². The van der Waals surface area contributed by atoms with Gasteiger partial charge in [0.15, 0.2) is 9.84 Å². The third-order valence-corrected chi connectivity index (χ3v) is 4.75. The number of halogens is 1. The summed E-state index contributed by atoms with van der Waals surface area (Å²) >= 11 is 6.06. The van der Waals surface area contributed by atoms with Crippen molar-refractivity contribution in [2.75, 3.05) is 11.6 Å². The predicted octanol–water partition coefficient (Wildman–Crippen LogP) is 3.05. The van der Waals surface area contributed by atoms with E-state index in [2.05, 4.69) is 15.5 Å². The number of hydrogen-bond acceptors (Lipinski definition) is 6. The van der Waals surface area contributed by atoms with E-state index in [4.69, 9.17) is 16.0 Å². The van der Waals surface area contributed by atoms with Gasteiger partial charge in [-0.25, -0.2) is 8.42 Å². The van der Waals surface area contributed by atoms with Gasteiger partial charge in [0, 0.05) is 11.8 Å². The van der Waals surface area contributed by atoms with Crippen LogP contribution >= 0.6 is 11.6 Å². The Bertz CT molecular complexity index is 1030. The summed E-state index contributed by atoms with van der Waals surface area (Å²) in [5.41, 5.74) is 0.805. The number of anilines is 1. The molecule has 0 fully saturated rings. The van der Waals surface area contributed by atoms with Crippen LogP contribution in [0.2, 0.25) is 5.02 Å². The molecule has 9 heteroatoms. The van der Waals surface area contributed by atoms with E-state index in [-0.39, 0.29) is 22.4 Å². The van der Waals surface area contributed by atoms with Gasteiger partial charge in [-0.3, -0.25) is 10.1 Å². The molecule has 1 aromatic heterocycles. The summed E-state index contributed by atoms with van der Waals surface area (Å²) in [6.45, 7) is 0. The smallest absolute Gasteiger partial charge is 0.322 e. The molecule has 7 nitrogen and oxygen atoms in total. The minimum Gasteiger partial charge on any atom is -0.403 e. The molecule has 0 saturated heterocycles. The first-order chi connectivity index (χ1) is 11.8. The van der Waals surface area contributed by atoms with E-state index in [0.29, 0.717) is 10.6 Å². The van der Waals surface area contributed by atoms with Crippen LogP contribution in [0.25, 0.3) is 11.5 Å². The molecule has 0 aliphatic carbocycles. The third-order valence-electron chi connectivity index (χ3n) is 3.29. The lowest BCUT2D eigenvalue weighted by molar-refractivity contribution is 0.102. The van der Waals surface area contributed by atoms with E-state index in [1.54, 1.807) is 24.3 Å². The van der Waals surface area contributed by atoms with Crippen LogP contribution in [0.15, 0.2) is 57.8 Å². The summed E-state index contributed by atoms with van der Waals surface area (Å²) in [6, 6.07) is 12.4. The van der Waals surface area contributed by atoms with Gasteiger partial charge in [0.2, 0.25) is 0 Å². The quantitative estimate of drug-likeness (QED) is 0.749. The van der Waals surface area contributed by atoms with Crippen molar-refractivity contribution in [2.24, 2.45) is 0 Å². The second kappa shape index (κ2) is 6.66. The Morgan fingerprint density at radius 1 is 1.08 bits per heavy atom. The van der Waals surface area contributed by atoms with E-state index in [1.165, 1.54) is 24.3 Å². The van der Waals surface area contributed by atoms with E-state index < -0.39 is 15.7 Å². The molecule has 1 N–H and O–H groups in total. The molecule has 0 saturated carbocycles. The second-order valence-electron chi connectivity index (χ2n) is 5.14. The SMILES string of the molecule is CS(=O)(=O)c1ccc(C(=O)Nc2nnc(-c3ccccc3Cl)o2)cc1. The molecule has 0 radical (unpaired) electrons. The number of nitrogens with one attached hydrogen (secondary N) is 1. The van der Waals surface area contributed by atoms with Crippen LogP contribution in [0.1, 0.15) is 10.4 Å². The average molecular weight is 378 g/mol. The number of aromatic nitrogens is 2. The lowest BCUT2D eigenvalue weighted by atomic mass is 10.2. The van der Waals surface area contributed by atoms with Crippen molar-refractivity contribution in [3.8, 4) is 11.5 Å². The largest absolute Gasteiger partial charge is 0.403 e. The van der Waals surface area contributed by atoms with Gasteiger partial charge in [-0.15, -0.1) is 5.10 Å². The summed E-state index contributed by atoms with van der Waals surface area (Å²) in [4.78, 5) is 12.3. The molecule has 0 aliphatic heterocycles. The first kappa shape index (κ1) is 17.1. The molecule has 3 aromatic rings. The van der Waals surface area contributed by atoms with Gasteiger partial charge in [-0.1, -0.05) is 28.8 Å². The molecule has 0 spiro atoms. The Hall–Kier alpha value is -2.71. The van der Waals surface area contributed by atoms with Gasteiger partial charge in [-0.05, 0) is 36.4 Å². The Kier molecular flexibility index (Phi) is 4.56. The number of benzene rings is 2. The number of rotatable bonds is 4. The molecule has 25 heavy (non-hydrogen) atoms. The van der Waals surface area contributed by atoms with Crippen LogP contribution in [0.3, 0.4) is 0 Å². The maximum absolute atomic E-state index is 12.2. The first-order valence-corrected chi connectivity index (χ1v) is 9.31. The Balaban J connectivity index is 1.77. The lowest BCUT2D eigenvalue weighted by Crippen LogP contribution is -2.12. The highest BCUT2D eigenvalue weighted by atomic mass is 35.5. The minimum absolute atomic E-state index is 0.0906. The first-order valence-electron chi connectivity index (χ1n) is 7.04. The predicted molar refractivity (Wildman–Crippen MR) is 92.2 cm³/mol. The number of carbonyl (C=O) groups excluding carboxylic acids is 1.